The number of hydrogen-bond acceptors (Lipinski definition) is 4. The largest absolute Gasteiger partial charge is 0.496 e. The van der Waals surface area contributed by atoms with Gasteiger partial charge in [0.2, 0.25) is 0 Å². The van der Waals surface area contributed by atoms with E-state index in [1.165, 1.54) is 0 Å². The Hall–Kier alpha value is -2.82. The number of anilines is 1. The molecular formula is C21H25NO4. The van der Waals surface area contributed by atoms with Crippen LogP contribution in [0.1, 0.15) is 29.2 Å². The molecule has 2 rings (SSSR count). The lowest BCUT2D eigenvalue weighted by Crippen LogP contribution is -2.30. The van der Waals surface area contributed by atoms with E-state index < -0.39 is 12.1 Å². The van der Waals surface area contributed by atoms with Crippen LogP contribution in [0.4, 0.5) is 5.69 Å². The fourth-order valence-corrected chi connectivity index (χ4v) is 2.68. The summed E-state index contributed by atoms with van der Waals surface area (Å²) in [7, 11) is 1.56. The molecule has 0 bridgehead atoms. The number of benzene rings is 2. The van der Waals surface area contributed by atoms with E-state index in [2.05, 4.69) is 5.32 Å². The Morgan fingerprint density at radius 3 is 2.35 bits per heavy atom. The average Bonchev–Trinajstić information content (AvgIpc) is 2.57. The Bertz CT molecular complexity index is 814. The summed E-state index contributed by atoms with van der Waals surface area (Å²) in [6, 6.07) is 11.3. The summed E-state index contributed by atoms with van der Waals surface area (Å²) in [6.07, 6.45) is -0.842. The number of carbonyl (C=O) groups is 2. The van der Waals surface area contributed by atoms with Gasteiger partial charge < -0.3 is 14.8 Å². The van der Waals surface area contributed by atoms with Crippen LogP contribution in [0.5, 0.6) is 5.75 Å². The second kappa shape index (κ2) is 8.52. The fraction of sp³-hybridized carbons (Fsp3) is 0.333. The molecule has 1 amide bonds. The van der Waals surface area contributed by atoms with Crippen molar-refractivity contribution in [3.63, 3.8) is 0 Å². The van der Waals surface area contributed by atoms with Gasteiger partial charge >= 0.3 is 5.97 Å². The smallest absolute Gasteiger partial charge is 0.311 e. The van der Waals surface area contributed by atoms with Gasteiger partial charge in [-0.2, -0.15) is 0 Å². The molecule has 26 heavy (non-hydrogen) atoms. The van der Waals surface area contributed by atoms with E-state index in [9.17, 15) is 9.59 Å². The fourth-order valence-electron chi connectivity index (χ4n) is 2.68. The van der Waals surface area contributed by atoms with Crippen LogP contribution >= 0.6 is 0 Å². The molecule has 0 heterocycles. The van der Waals surface area contributed by atoms with Crippen LogP contribution in [0, 0.1) is 20.8 Å². The molecule has 1 N–H and O–H groups in total. The Morgan fingerprint density at radius 2 is 1.69 bits per heavy atom. The molecule has 5 nitrogen and oxygen atoms in total. The third-order valence-electron chi connectivity index (χ3n) is 4.09. The normalized spacial score (nSPS) is 11.6. The molecule has 0 fully saturated rings. The molecule has 0 aliphatic heterocycles. The minimum Gasteiger partial charge on any atom is -0.496 e. The first-order valence-electron chi connectivity index (χ1n) is 8.51. The lowest BCUT2D eigenvalue weighted by molar-refractivity contribution is -0.152. The van der Waals surface area contributed by atoms with Crippen LogP contribution in [0.3, 0.4) is 0 Å². The Labute approximate surface area is 154 Å². The number of hydrogen-bond donors (Lipinski definition) is 1. The number of ether oxygens (including phenoxy) is 2. The number of nitrogens with one attached hydrogen (secondary N) is 1. The summed E-state index contributed by atoms with van der Waals surface area (Å²) in [6.45, 7) is 7.41. The van der Waals surface area contributed by atoms with Gasteiger partial charge in [0.1, 0.15) is 5.75 Å². The van der Waals surface area contributed by atoms with Crippen LogP contribution in [-0.4, -0.2) is 25.1 Å². The van der Waals surface area contributed by atoms with Crippen molar-refractivity contribution in [3.8, 4) is 5.75 Å². The Morgan fingerprint density at radius 1 is 1.04 bits per heavy atom. The number of amides is 1. The van der Waals surface area contributed by atoms with Gasteiger partial charge in [-0.25, -0.2) is 0 Å². The molecule has 1 atom stereocenters. The van der Waals surface area contributed by atoms with Crippen molar-refractivity contribution in [1.29, 1.82) is 0 Å². The molecule has 2 aromatic carbocycles. The lowest BCUT2D eigenvalue weighted by Gasteiger charge is -2.16. The topological polar surface area (TPSA) is 64.6 Å². The van der Waals surface area contributed by atoms with E-state index in [4.69, 9.17) is 9.47 Å². The van der Waals surface area contributed by atoms with Gasteiger partial charge in [0, 0.05) is 11.3 Å². The number of aryl methyl sites for hydroxylation is 3. The van der Waals surface area contributed by atoms with E-state index in [-0.39, 0.29) is 12.3 Å². The van der Waals surface area contributed by atoms with Gasteiger partial charge in [0.05, 0.1) is 13.5 Å². The molecule has 0 aliphatic carbocycles. The summed E-state index contributed by atoms with van der Waals surface area (Å²) < 4.78 is 10.6. The van der Waals surface area contributed by atoms with Gasteiger partial charge in [-0.3, -0.25) is 9.59 Å². The van der Waals surface area contributed by atoms with Crippen LogP contribution in [0.25, 0.3) is 0 Å². The SMILES string of the molecule is COc1ccc(C)cc1CC(=O)O[C@@H](C)C(=O)Nc1ccc(C)cc1C. The molecule has 0 saturated heterocycles. The quantitative estimate of drug-likeness (QED) is 0.802. The molecule has 2 aromatic rings. The summed E-state index contributed by atoms with van der Waals surface area (Å²) in [5.41, 5.74) is 4.55. The zero-order valence-electron chi connectivity index (χ0n) is 15.9. The first-order chi connectivity index (χ1) is 12.3. The number of rotatable bonds is 6. The maximum atomic E-state index is 12.3. The lowest BCUT2D eigenvalue weighted by atomic mass is 10.1. The summed E-state index contributed by atoms with van der Waals surface area (Å²) in [5, 5.41) is 2.80. The van der Waals surface area contributed by atoms with Crippen molar-refractivity contribution in [3.05, 3.63) is 58.7 Å². The highest BCUT2D eigenvalue weighted by Gasteiger charge is 2.19. The number of esters is 1. The molecule has 0 saturated carbocycles. The maximum Gasteiger partial charge on any atom is 0.311 e. The maximum absolute atomic E-state index is 12.3. The number of carbonyl (C=O) groups excluding carboxylic acids is 2. The van der Waals surface area contributed by atoms with Gasteiger partial charge in [-0.1, -0.05) is 35.4 Å². The Kier molecular flexibility index (Phi) is 6.39. The Balaban J connectivity index is 1.98. The predicted molar refractivity (Wildman–Crippen MR) is 102 cm³/mol. The third-order valence-corrected chi connectivity index (χ3v) is 4.09. The van der Waals surface area contributed by atoms with E-state index in [1.807, 2.05) is 57.2 Å². The molecule has 138 valence electrons. The molecule has 0 spiro atoms. The van der Waals surface area contributed by atoms with Crippen LogP contribution in [-0.2, 0) is 20.7 Å². The zero-order valence-corrected chi connectivity index (χ0v) is 15.9. The van der Waals surface area contributed by atoms with Crippen molar-refractivity contribution < 1.29 is 19.1 Å². The molecule has 0 aromatic heterocycles. The van der Waals surface area contributed by atoms with Crippen LogP contribution in [0.15, 0.2) is 36.4 Å². The standard InChI is InChI=1S/C21H25NO4/c1-13-6-8-18(15(3)10-13)22-21(24)16(4)26-20(23)12-17-11-14(2)7-9-19(17)25-5/h6-11,16H,12H2,1-5H3,(H,22,24)/t16-/m0/s1. The highest BCUT2D eigenvalue weighted by atomic mass is 16.5. The number of methoxy groups -OCH3 is 1. The van der Waals surface area contributed by atoms with Gasteiger partial charge in [-0.15, -0.1) is 0 Å². The predicted octanol–water partition coefficient (Wildman–Crippen LogP) is 3.73. The summed E-state index contributed by atoms with van der Waals surface area (Å²) in [4.78, 5) is 24.5. The van der Waals surface area contributed by atoms with Crippen molar-refractivity contribution in [2.75, 3.05) is 12.4 Å². The van der Waals surface area contributed by atoms with E-state index in [0.717, 1.165) is 22.3 Å². The van der Waals surface area contributed by atoms with Crippen molar-refractivity contribution in [1.82, 2.24) is 0 Å². The molecule has 0 aliphatic rings. The molecule has 5 heteroatoms. The van der Waals surface area contributed by atoms with E-state index >= 15 is 0 Å². The minimum atomic E-state index is -0.890. The zero-order chi connectivity index (χ0) is 19.3. The second-order valence-corrected chi connectivity index (χ2v) is 6.43. The van der Waals surface area contributed by atoms with E-state index in [1.54, 1.807) is 14.0 Å². The second-order valence-electron chi connectivity index (χ2n) is 6.43. The average molecular weight is 355 g/mol. The molecular weight excluding hydrogens is 330 g/mol. The molecule has 0 unspecified atom stereocenters. The van der Waals surface area contributed by atoms with Crippen molar-refractivity contribution in [2.24, 2.45) is 0 Å². The van der Waals surface area contributed by atoms with Gasteiger partial charge in [0.25, 0.3) is 5.91 Å². The monoisotopic (exact) mass is 355 g/mol. The van der Waals surface area contributed by atoms with Crippen LogP contribution in [0.2, 0.25) is 0 Å². The highest BCUT2D eigenvalue weighted by molar-refractivity contribution is 5.95. The first-order valence-corrected chi connectivity index (χ1v) is 8.51. The highest BCUT2D eigenvalue weighted by Crippen LogP contribution is 2.21. The molecule has 0 radical (unpaired) electrons. The van der Waals surface area contributed by atoms with Gasteiger partial charge in [-0.05, 0) is 45.4 Å². The van der Waals surface area contributed by atoms with Crippen molar-refractivity contribution >= 4 is 17.6 Å². The van der Waals surface area contributed by atoms with Crippen LogP contribution < -0.4 is 10.1 Å². The van der Waals surface area contributed by atoms with Gasteiger partial charge in [0.15, 0.2) is 6.10 Å². The minimum absolute atomic E-state index is 0.0477. The summed E-state index contributed by atoms with van der Waals surface area (Å²) in [5.74, 6) is -0.210. The summed E-state index contributed by atoms with van der Waals surface area (Å²) >= 11 is 0. The van der Waals surface area contributed by atoms with E-state index in [0.29, 0.717) is 11.4 Å². The van der Waals surface area contributed by atoms with Crippen molar-refractivity contribution in [2.45, 2.75) is 40.2 Å². The first kappa shape index (κ1) is 19.5. The third kappa shape index (κ3) is 5.09.